The molecule has 1 amide bonds. The van der Waals surface area contributed by atoms with Crippen LogP contribution in [0.1, 0.15) is 393 Å². The number of carbonyl (C=O) groups excluding carboxylic acids is 2. The summed E-state index contributed by atoms with van der Waals surface area (Å²) in [7, 11) is 0. The zero-order valence-electron chi connectivity index (χ0n) is 53.4. The molecule has 0 spiro atoms. The van der Waals surface area contributed by atoms with Gasteiger partial charge in [0.15, 0.2) is 0 Å². The lowest BCUT2D eigenvalue weighted by atomic mass is 10.0. The van der Waals surface area contributed by atoms with E-state index in [9.17, 15) is 19.8 Å². The van der Waals surface area contributed by atoms with Gasteiger partial charge in [-0.3, -0.25) is 9.59 Å². The van der Waals surface area contributed by atoms with Crippen LogP contribution >= 0.6 is 0 Å². The Bertz CT molecular complexity index is 1280. The Morgan fingerprint density at radius 1 is 0.354 bits per heavy atom. The molecule has 0 aromatic rings. The minimum atomic E-state index is -0.850. The lowest BCUT2D eigenvalue weighted by molar-refractivity contribution is -0.143. The monoisotopic (exact) mass is 1110 g/mol. The first-order valence-electron chi connectivity index (χ1n) is 35.8. The molecule has 2 unspecified atom stereocenters. The lowest BCUT2D eigenvalue weighted by Gasteiger charge is -2.20. The Morgan fingerprint density at radius 3 is 0.962 bits per heavy atom. The highest BCUT2D eigenvalue weighted by atomic mass is 16.5. The van der Waals surface area contributed by atoms with Crippen molar-refractivity contribution in [1.29, 1.82) is 0 Å². The molecular weight excluding hydrogens is 971 g/mol. The number of allylic oxidation sites excluding steroid dienone is 4. The number of hydrogen-bond acceptors (Lipinski definition) is 5. The summed E-state index contributed by atoms with van der Waals surface area (Å²) in [6.45, 7) is 4.84. The first kappa shape index (κ1) is 77.1. The van der Waals surface area contributed by atoms with E-state index >= 15 is 0 Å². The minimum absolute atomic E-state index is 0.0316. The zero-order chi connectivity index (χ0) is 57.1. The second kappa shape index (κ2) is 68.6. The Hall–Kier alpha value is -1.92. The van der Waals surface area contributed by atoms with Crippen molar-refractivity contribution >= 4 is 11.9 Å². The summed E-state index contributed by atoms with van der Waals surface area (Å²) in [5, 5.41) is 23.3. The van der Waals surface area contributed by atoms with E-state index in [1.165, 1.54) is 315 Å². The number of unbranched alkanes of at least 4 members (excludes halogenated alkanes) is 52. The molecule has 0 saturated heterocycles. The third kappa shape index (κ3) is 65.1. The highest BCUT2D eigenvalue weighted by molar-refractivity contribution is 5.76. The van der Waals surface area contributed by atoms with Crippen molar-refractivity contribution < 1.29 is 24.5 Å². The van der Waals surface area contributed by atoms with Gasteiger partial charge in [-0.15, -0.1) is 0 Å². The number of hydrogen-bond donors (Lipinski definition) is 3. The number of amides is 1. The van der Waals surface area contributed by atoms with E-state index in [-0.39, 0.29) is 18.5 Å². The van der Waals surface area contributed by atoms with E-state index in [4.69, 9.17) is 4.74 Å². The van der Waals surface area contributed by atoms with Crippen LogP contribution < -0.4 is 5.32 Å². The van der Waals surface area contributed by atoms with Gasteiger partial charge in [-0.1, -0.05) is 365 Å². The molecule has 6 heteroatoms. The second-order valence-corrected chi connectivity index (χ2v) is 24.6. The number of ether oxygens (including phenoxy) is 1. The van der Waals surface area contributed by atoms with E-state index < -0.39 is 12.1 Å². The van der Waals surface area contributed by atoms with Crippen LogP contribution in [0.5, 0.6) is 0 Å². The maximum atomic E-state index is 12.5. The SMILES string of the molecule is CCCCCCCCCCCCCCCCCCCCCCCCC/C=C/C(O)C(CO)NC(=O)CCCCCCCCCCCCCCCC/C=C\C/C=C\CCOC(=O)CCCCCCCCCCCCCCCCCC. The van der Waals surface area contributed by atoms with E-state index in [1.807, 2.05) is 6.08 Å². The molecule has 6 nitrogen and oxygen atoms in total. The average molecular weight is 1110 g/mol. The number of nitrogens with one attached hydrogen (secondary N) is 1. The molecule has 0 saturated carbocycles. The fraction of sp³-hybridized carbons (Fsp3) is 0.890. The Kier molecular flexibility index (Phi) is 66.9. The molecule has 0 bridgehead atoms. The van der Waals surface area contributed by atoms with Gasteiger partial charge in [0.05, 0.1) is 25.4 Å². The Labute approximate surface area is 494 Å². The van der Waals surface area contributed by atoms with Gasteiger partial charge in [-0.2, -0.15) is 0 Å². The molecule has 466 valence electrons. The predicted molar refractivity (Wildman–Crippen MR) is 347 cm³/mol. The molecule has 0 aliphatic heterocycles. The number of aliphatic hydroxyl groups is 2. The number of carbonyl (C=O) groups is 2. The number of aliphatic hydroxyl groups excluding tert-OH is 2. The Balaban J connectivity index is 3.46. The van der Waals surface area contributed by atoms with Crippen LogP contribution in [0.25, 0.3) is 0 Å². The fourth-order valence-corrected chi connectivity index (χ4v) is 11.2. The molecule has 2 atom stereocenters. The van der Waals surface area contributed by atoms with Crippen LogP contribution in [-0.2, 0) is 14.3 Å². The maximum Gasteiger partial charge on any atom is 0.305 e. The molecule has 0 heterocycles. The predicted octanol–water partition coefficient (Wildman–Crippen LogP) is 23.1. The van der Waals surface area contributed by atoms with Gasteiger partial charge < -0.3 is 20.3 Å². The highest BCUT2D eigenvalue weighted by Gasteiger charge is 2.18. The van der Waals surface area contributed by atoms with Gasteiger partial charge in [-0.05, 0) is 51.4 Å². The standard InChI is InChI=1S/C73H139NO5/c1-3-5-7-9-11-13-15-17-19-21-22-23-24-25-26-28-31-34-37-41-45-49-53-57-61-65-71(76)70(69-75)74-72(77)66-62-58-54-50-46-42-38-35-32-29-27-30-33-36-40-44-48-52-56-60-64-68-79-73(78)67-63-59-55-51-47-43-39-20-18-16-14-12-10-8-6-4-2/h44,48,56,60-61,65,70-71,75-76H,3-43,45-47,49-55,57-59,62-64,66-69H2,1-2H3,(H,74,77)/b48-44-,60-56-,65-61+. The minimum Gasteiger partial charge on any atom is -0.465 e. The van der Waals surface area contributed by atoms with Crippen LogP contribution in [0.2, 0.25) is 0 Å². The zero-order valence-corrected chi connectivity index (χ0v) is 53.4. The van der Waals surface area contributed by atoms with Gasteiger partial charge in [-0.25, -0.2) is 0 Å². The van der Waals surface area contributed by atoms with E-state index in [2.05, 4.69) is 43.5 Å². The molecule has 0 aliphatic rings. The summed E-state index contributed by atoms with van der Waals surface area (Å²) >= 11 is 0. The third-order valence-electron chi connectivity index (χ3n) is 16.7. The first-order valence-corrected chi connectivity index (χ1v) is 35.8. The van der Waals surface area contributed by atoms with E-state index in [1.54, 1.807) is 6.08 Å². The molecule has 0 radical (unpaired) electrons. The molecular formula is C73H139NO5. The largest absolute Gasteiger partial charge is 0.465 e. The van der Waals surface area contributed by atoms with Gasteiger partial charge in [0.2, 0.25) is 5.91 Å². The van der Waals surface area contributed by atoms with Crippen molar-refractivity contribution in [3.05, 3.63) is 36.5 Å². The van der Waals surface area contributed by atoms with Gasteiger partial charge in [0, 0.05) is 12.8 Å². The quantitative estimate of drug-likeness (QED) is 0.0320. The summed E-state index contributed by atoms with van der Waals surface area (Å²) in [5.41, 5.74) is 0. The van der Waals surface area contributed by atoms with Crippen molar-refractivity contribution in [2.45, 2.75) is 405 Å². The van der Waals surface area contributed by atoms with E-state index in [0.717, 1.165) is 51.4 Å². The topological polar surface area (TPSA) is 95.9 Å². The molecule has 3 N–H and O–H groups in total. The summed E-state index contributed by atoms with van der Waals surface area (Å²) < 4.78 is 5.43. The maximum absolute atomic E-state index is 12.5. The summed E-state index contributed by atoms with van der Waals surface area (Å²) in [4.78, 5) is 24.6. The summed E-state index contributed by atoms with van der Waals surface area (Å²) in [5.74, 6) is -0.100. The second-order valence-electron chi connectivity index (χ2n) is 24.6. The molecule has 0 aromatic carbocycles. The first-order chi connectivity index (χ1) is 39.0. The third-order valence-corrected chi connectivity index (χ3v) is 16.7. The van der Waals surface area contributed by atoms with Crippen molar-refractivity contribution in [2.24, 2.45) is 0 Å². The van der Waals surface area contributed by atoms with Gasteiger partial charge in [0.25, 0.3) is 0 Å². The van der Waals surface area contributed by atoms with Crippen molar-refractivity contribution in [3.63, 3.8) is 0 Å². The summed E-state index contributed by atoms with van der Waals surface area (Å²) in [6.07, 6.45) is 88.1. The average Bonchev–Trinajstić information content (AvgIpc) is 3.45. The number of esters is 1. The van der Waals surface area contributed by atoms with Crippen LogP contribution in [-0.4, -0.2) is 47.4 Å². The smallest absolute Gasteiger partial charge is 0.305 e. The lowest BCUT2D eigenvalue weighted by Crippen LogP contribution is -2.45. The normalized spacial score (nSPS) is 12.7. The van der Waals surface area contributed by atoms with E-state index in [0.29, 0.717) is 19.4 Å². The van der Waals surface area contributed by atoms with Crippen LogP contribution in [0.15, 0.2) is 36.5 Å². The fourth-order valence-electron chi connectivity index (χ4n) is 11.2. The highest BCUT2D eigenvalue weighted by Crippen LogP contribution is 2.19. The summed E-state index contributed by atoms with van der Waals surface area (Å²) in [6, 6.07) is -0.634. The molecule has 0 aromatic heterocycles. The number of rotatable bonds is 67. The van der Waals surface area contributed by atoms with Crippen molar-refractivity contribution in [3.8, 4) is 0 Å². The molecule has 79 heavy (non-hydrogen) atoms. The molecule has 0 aliphatic carbocycles. The van der Waals surface area contributed by atoms with Crippen molar-refractivity contribution in [1.82, 2.24) is 5.32 Å². The van der Waals surface area contributed by atoms with Gasteiger partial charge >= 0.3 is 5.97 Å². The van der Waals surface area contributed by atoms with Crippen molar-refractivity contribution in [2.75, 3.05) is 13.2 Å². The van der Waals surface area contributed by atoms with Crippen LogP contribution in [0.4, 0.5) is 0 Å². The van der Waals surface area contributed by atoms with Gasteiger partial charge in [0.1, 0.15) is 0 Å². The van der Waals surface area contributed by atoms with Crippen LogP contribution in [0.3, 0.4) is 0 Å². The molecule has 0 fully saturated rings. The molecule has 0 rings (SSSR count). The Morgan fingerprint density at radius 2 is 0.633 bits per heavy atom. The van der Waals surface area contributed by atoms with Crippen LogP contribution in [0, 0.1) is 0 Å².